The fraction of sp³-hybridized carbons (Fsp3) is 0.500. The SMILES string of the molecule is CCSn1cc[n+](C)c1C(C)=O. The van der Waals surface area contributed by atoms with Crippen LogP contribution in [0.15, 0.2) is 12.4 Å². The van der Waals surface area contributed by atoms with E-state index < -0.39 is 0 Å². The maximum absolute atomic E-state index is 11.2. The van der Waals surface area contributed by atoms with Crippen LogP contribution in [0.5, 0.6) is 0 Å². The minimum atomic E-state index is 0.100. The van der Waals surface area contributed by atoms with Crippen LogP contribution in [0.3, 0.4) is 0 Å². The molecule has 0 fully saturated rings. The van der Waals surface area contributed by atoms with Crippen LogP contribution in [0.1, 0.15) is 24.5 Å². The summed E-state index contributed by atoms with van der Waals surface area (Å²) in [6, 6.07) is 0. The predicted octanol–water partition coefficient (Wildman–Crippen LogP) is 1.03. The average Bonchev–Trinajstić information content (AvgIpc) is 2.32. The molecule has 1 rings (SSSR count). The highest BCUT2D eigenvalue weighted by molar-refractivity contribution is 7.97. The van der Waals surface area contributed by atoms with Crippen molar-refractivity contribution < 1.29 is 9.36 Å². The number of carbonyl (C=O) groups is 1. The van der Waals surface area contributed by atoms with Gasteiger partial charge >= 0.3 is 5.82 Å². The lowest BCUT2D eigenvalue weighted by Crippen LogP contribution is -2.33. The van der Waals surface area contributed by atoms with Crippen molar-refractivity contribution in [3.05, 3.63) is 18.2 Å². The molecule has 4 heteroatoms. The van der Waals surface area contributed by atoms with E-state index in [-0.39, 0.29) is 5.78 Å². The number of Topliss-reactive ketones (excluding diaryl/α,β-unsaturated/α-hetero) is 1. The first kappa shape index (κ1) is 9.32. The molecule has 0 bridgehead atoms. The number of rotatable bonds is 3. The molecule has 0 atom stereocenters. The number of hydrogen-bond donors (Lipinski definition) is 0. The number of nitrogens with zero attached hydrogens (tertiary/aromatic N) is 2. The molecule has 1 aromatic heterocycles. The van der Waals surface area contributed by atoms with Crippen molar-refractivity contribution in [1.82, 2.24) is 3.97 Å². The first-order chi connectivity index (χ1) is 5.66. The third-order valence-electron chi connectivity index (χ3n) is 1.55. The lowest BCUT2D eigenvalue weighted by atomic mass is 10.4. The van der Waals surface area contributed by atoms with Crippen molar-refractivity contribution in [3.8, 4) is 0 Å². The third-order valence-corrected chi connectivity index (χ3v) is 2.38. The molecule has 12 heavy (non-hydrogen) atoms. The van der Waals surface area contributed by atoms with Gasteiger partial charge in [0.2, 0.25) is 5.78 Å². The van der Waals surface area contributed by atoms with E-state index in [4.69, 9.17) is 0 Å². The number of ketones is 1. The zero-order valence-electron chi connectivity index (χ0n) is 7.57. The van der Waals surface area contributed by atoms with Crippen LogP contribution in [0, 0.1) is 0 Å². The molecule has 0 aliphatic heterocycles. The predicted molar refractivity (Wildman–Crippen MR) is 49.1 cm³/mol. The lowest BCUT2D eigenvalue weighted by molar-refractivity contribution is -0.672. The molecular weight excluding hydrogens is 172 g/mol. The summed E-state index contributed by atoms with van der Waals surface area (Å²) in [6.07, 6.45) is 3.80. The minimum Gasteiger partial charge on any atom is -0.286 e. The summed E-state index contributed by atoms with van der Waals surface area (Å²) < 4.78 is 3.74. The Morgan fingerprint density at radius 3 is 2.92 bits per heavy atom. The molecule has 0 aromatic carbocycles. The summed E-state index contributed by atoms with van der Waals surface area (Å²) in [4.78, 5) is 11.2. The maximum Gasteiger partial charge on any atom is 0.336 e. The number of imidazole rings is 1. The number of aromatic nitrogens is 2. The van der Waals surface area contributed by atoms with Crippen molar-refractivity contribution in [2.75, 3.05) is 5.75 Å². The Balaban J connectivity index is 3.04. The van der Waals surface area contributed by atoms with Gasteiger partial charge in [0, 0.05) is 12.7 Å². The topological polar surface area (TPSA) is 25.9 Å². The van der Waals surface area contributed by atoms with Crippen LogP contribution < -0.4 is 4.57 Å². The zero-order valence-corrected chi connectivity index (χ0v) is 8.39. The third kappa shape index (κ3) is 1.69. The monoisotopic (exact) mass is 185 g/mol. The van der Waals surface area contributed by atoms with Crippen LogP contribution in [-0.2, 0) is 7.05 Å². The second-order valence-electron chi connectivity index (χ2n) is 2.53. The lowest BCUT2D eigenvalue weighted by Gasteiger charge is -1.94. The molecular formula is C8H13N2OS+. The summed E-state index contributed by atoms with van der Waals surface area (Å²) >= 11 is 1.63. The van der Waals surface area contributed by atoms with Gasteiger partial charge in [-0.15, -0.1) is 0 Å². The second-order valence-corrected chi connectivity index (χ2v) is 3.76. The van der Waals surface area contributed by atoms with Crippen molar-refractivity contribution >= 4 is 17.7 Å². The highest BCUT2D eigenvalue weighted by Gasteiger charge is 2.19. The zero-order chi connectivity index (χ0) is 9.14. The van der Waals surface area contributed by atoms with E-state index >= 15 is 0 Å². The van der Waals surface area contributed by atoms with Gasteiger partial charge in [0.1, 0.15) is 12.4 Å². The molecule has 3 nitrogen and oxygen atoms in total. The fourth-order valence-corrected chi connectivity index (χ4v) is 1.90. The first-order valence-electron chi connectivity index (χ1n) is 3.88. The first-order valence-corrected chi connectivity index (χ1v) is 4.82. The largest absolute Gasteiger partial charge is 0.336 e. The Kier molecular flexibility index (Phi) is 2.92. The summed E-state index contributed by atoms with van der Waals surface area (Å²) in [5.41, 5.74) is 0. The molecule has 66 valence electrons. The van der Waals surface area contributed by atoms with Gasteiger partial charge in [-0.25, -0.2) is 4.57 Å². The highest BCUT2D eigenvalue weighted by Crippen LogP contribution is 2.07. The van der Waals surface area contributed by atoms with Gasteiger partial charge in [-0.05, 0) is 0 Å². The van der Waals surface area contributed by atoms with Crippen LogP contribution in [0.4, 0.5) is 0 Å². The van der Waals surface area contributed by atoms with E-state index in [9.17, 15) is 4.79 Å². The Morgan fingerprint density at radius 2 is 2.42 bits per heavy atom. The van der Waals surface area contributed by atoms with Gasteiger partial charge in [-0.2, -0.15) is 3.97 Å². The molecule has 1 heterocycles. The molecule has 1 aromatic rings. The Hall–Kier alpha value is -0.770. The van der Waals surface area contributed by atoms with E-state index in [1.165, 1.54) is 0 Å². The van der Waals surface area contributed by atoms with Crippen molar-refractivity contribution in [1.29, 1.82) is 0 Å². The van der Waals surface area contributed by atoms with E-state index in [0.29, 0.717) is 0 Å². The van der Waals surface area contributed by atoms with Crippen LogP contribution >= 0.6 is 11.9 Å². The highest BCUT2D eigenvalue weighted by atomic mass is 32.2. The summed E-state index contributed by atoms with van der Waals surface area (Å²) in [5, 5.41) is 0. The number of hydrogen-bond acceptors (Lipinski definition) is 2. The molecule has 0 aliphatic rings. The van der Waals surface area contributed by atoms with Gasteiger partial charge in [-0.3, -0.25) is 4.79 Å². The molecule has 0 radical (unpaired) electrons. The summed E-state index contributed by atoms with van der Waals surface area (Å²) in [5.74, 6) is 1.81. The molecule has 0 saturated heterocycles. The summed E-state index contributed by atoms with van der Waals surface area (Å²) in [6.45, 7) is 3.65. The van der Waals surface area contributed by atoms with E-state index in [2.05, 4.69) is 6.92 Å². The summed E-state index contributed by atoms with van der Waals surface area (Å²) in [7, 11) is 1.88. The molecule has 0 aliphatic carbocycles. The Morgan fingerprint density at radius 1 is 1.75 bits per heavy atom. The molecule has 0 unspecified atom stereocenters. The van der Waals surface area contributed by atoms with Gasteiger partial charge in [0.25, 0.3) is 0 Å². The minimum absolute atomic E-state index is 0.100. The molecule has 0 N–H and O–H groups in total. The van der Waals surface area contributed by atoms with Gasteiger partial charge < -0.3 is 0 Å². The second kappa shape index (κ2) is 3.76. The van der Waals surface area contributed by atoms with Gasteiger partial charge in [0.15, 0.2) is 0 Å². The Labute approximate surface area is 76.5 Å². The van der Waals surface area contributed by atoms with Gasteiger partial charge in [0.05, 0.1) is 19.0 Å². The maximum atomic E-state index is 11.2. The molecule has 0 spiro atoms. The average molecular weight is 185 g/mol. The van der Waals surface area contributed by atoms with Crippen LogP contribution in [0.25, 0.3) is 0 Å². The Bertz CT molecular complexity index is 293. The molecule has 0 saturated carbocycles. The van der Waals surface area contributed by atoms with E-state index in [0.717, 1.165) is 11.6 Å². The quantitative estimate of drug-likeness (QED) is 0.519. The fourth-order valence-electron chi connectivity index (χ4n) is 1.10. The van der Waals surface area contributed by atoms with Crippen molar-refractivity contribution in [2.45, 2.75) is 13.8 Å². The number of aryl methyl sites for hydroxylation is 1. The molecule has 0 amide bonds. The van der Waals surface area contributed by atoms with E-state index in [1.807, 2.05) is 28.0 Å². The van der Waals surface area contributed by atoms with Gasteiger partial charge in [-0.1, -0.05) is 6.92 Å². The standard InChI is InChI=1S/C8H13N2OS/c1-4-12-10-6-5-9(3)8(10)7(2)11/h5-6H,4H2,1-3H3/q+1. The van der Waals surface area contributed by atoms with Crippen molar-refractivity contribution in [3.63, 3.8) is 0 Å². The van der Waals surface area contributed by atoms with Crippen LogP contribution in [-0.4, -0.2) is 15.5 Å². The normalized spacial score (nSPS) is 10.2. The van der Waals surface area contributed by atoms with E-state index in [1.54, 1.807) is 18.9 Å². The van der Waals surface area contributed by atoms with Crippen molar-refractivity contribution in [2.24, 2.45) is 7.05 Å². The smallest absolute Gasteiger partial charge is 0.286 e. The number of carbonyl (C=O) groups excluding carboxylic acids is 1. The van der Waals surface area contributed by atoms with Crippen LogP contribution in [0.2, 0.25) is 0 Å².